The summed E-state index contributed by atoms with van der Waals surface area (Å²) in [5.74, 6) is -0.240. The molecule has 2 saturated heterocycles. The molecule has 0 saturated carbocycles. The van der Waals surface area contributed by atoms with E-state index < -0.39 is 0 Å². The molecule has 3 nitrogen and oxygen atoms in total. The quantitative estimate of drug-likeness (QED) is 0.869. The predicted octanol–water partition coefficient (Wildman–Crippen LogP) is 2.86. The maximum Gasteiger partial charge on any atom is 0.150 e. The third-order valence-electron chi connectivity index (χ3n) is 4.97. The van der Waals surface area contributed by atoms with E-state index in [1.807, 2.05) is 12.1 Å². The van der Waals surface area contributed by atoms with Crippen LogP contribution in [0.1, 0.15) is 37.7 Å². The molecule has 2 aliphatic rings. The van der Waals surface area contributed by atoms with Gasteiger partial charge >= 0.3 is 0 Å². The first-order valence-electron chi connectivity index (χ1n) is 8.23. The number of halogens is 1. The molecular formula is C17H26FN3. The Bertz CT molecular complexity index is 463. The van der Waals surface area contributed by atoms with Crippen molar-refractivity contribution in [2.24, 2.45) is 0 Å². The van der Waals surface area contributed by atoms with Gasteiger partial charge in [0.25, 0.3) is 0 Å². The lowest BCUT2D eigenvalue weighted by atomic mass is 9.99. The number of rotatable bonds is 3. The van der Waals surface area contributed by atoms with Gasteiger partial charge in [-0.15, -0.1) is 0 Å². The fourth-order valence-electron chi connectivity index (χ4n) is 3.69. The van der Waals surface area contributed by atoms with Crippen LogP contribution >= 0.6 is 0 Å². The molecule has 2 fully saturated rings. The third kappa shape index (κ3) is 3.55. The summed E-state index contributed by atoms with van der Waals surface area (Å²) < 4.78 is 14.0. The van der Waals surface area contributed by atoms with Crippen molar-refractivity contribution in [3.05, 3.63) is 29.6 Å². The highest BCUT2D eigenvalue weighted by Crippen LogP contribution is 2.23. The molecule has 2 N–H and O–H groups in total. The lowest BCUT2D eigenvalue weighted by Crippen LogP contribution is -2.46. The van der Waals surface area contributed by atoms with Crippen molar-refractivity contribution in [2.75, 3.05) is 31.9 Å². The number of hydrogen-bond donors (Lipinski definition) is 1. The largest absolute Gasteiger partial charge is 0.396 e. The minimum absolute atomic E-state index is 0.240. The molecule has 116 valence electrons. The van der Waals surface area contributed by atoms with E-state index in [1.54, 1.807) is 6.07 Å². The van der Waals surface area contributed by atoms with Gasteiger partial charge in [-0.05, 0) is 57.9 Å². The molecule has 0 atom stereocenters. The van der Waals surface area contributed by atoms with E-state index in [4.69, 9.17) is 5.73 Å². The van der Waals surface area contributed by atoms with Crippen LogP contribution in [-0.2, 0) is 6.54 Å². The van der Waals surface area contributed by atoms with E-state index in [2.05, 4.69) is 9.80 Å². The van der Waals surface area contributed by atoms with Crippen molar-refractivity contribution >= 4 is 5.69 Å². The van der Waals surface area contributed by atoms with E-state index in [0.29, 0.717) is 6.54 Å². The molecule has 21 heavy (non-hydrogen) atoms. The topological polar surface area (TPSA) is 32.5 Å². The van der Waals surface area contributed by atoms with Crippen molar-refractivity contribution in [1.82, 2.24) is 9.80 Å². The number of nitrogens with zero attached hydrogens (tertiary/aromatic N) is 2. The van der Waals surface area contributed by atoms with E-state index in [0.717, 1.165) is 24.7 Å². The standard InChI is InChI=1S/C17H26FN3/c18-17-14(5-4-6-16(17)19)13-20-11-7-15(8-12-20)21-9-2-1-3-10-21/h4-6,15H,1-3,7-13,19H2. The Morgan fingerprint density at radius 2 is 1.76 bits per heavy atom. The van der Waals surface area contributed by atoms with Crippen molar-refractivity contribution in [3.8, 4) is 0 Å². The molecule has 0 bridgehead atoms. The molecule has 0 spiro atoms. The third-order valence-corrected chi connectivity index (χ3v) is 4.97. The highest BCUT2D eigenvalue weighted by atomic mass is 19.1. The smallest absolute Gasteiger partial charge is 0.150 e. The first-order chi connectivity index (χ1) is 10.2. The van der Waals surface area contributed by atoms with Crippen molar-refractivity contribution in [3.63, 3.8) is 0 Å². The Morgan fingerprint density at radius 1 is 1.05 bits per heavy atom. The summed E-state index contributed by atoms with van der Waals surface area (Å²) in [6.45, 7) is 5.36. The van der Waals surface area contributed by atoms with Crippen molar-refractivity contribution < 1.29 is 4.39 Å². The van der Waals surface area contributed by atoms with Crippen LogP contribution in [0.25, 0.3) is 0 Å². The number of benzene rings is 1. The normalized spacial score (nSPS) is 22.5. The van der Waals surface area contributed by atoms with Gasteiger partial charge in [0, 0.05) is 18.2 Å². The van der Waals surface area contributed by atoms with E-state index >= 15 is 0 Å². The lowest BCUT2D eigenvalue weighted by molar-refractivity contribution is 0.0892. The second-order valence-corrected chi connectivity index (χ2v) is 6.42. The van der Waals surface area contributed by atoms with Crippen LogP contribution in [0, 0.1) is 5.82 Å². The lowest BCUT2D eigenvalue weighted by Gasteiger charge is -2.40. The maximum absolute atomic E-state index is 14.0. The van der Waals surface area contributed by atoms with Gasteiger partial charge in [-0.3, -0.25) is 4.90 Å². The monoisotopic (exact) mass is 291 g/mol. The number of nitrogen functional groups attached to an aromatic ring is 1. The van der Waals surface area contributed by atoms with Gasteiger partial charge < -0.3 is 10.6 Å². The zero-order valence-corrected chi connectivity index (χ0v) is 12.7. The number of anilines is 1. The summed E-state index contributed by atoms with van der Waals surface area (Å²) >= 11 is 0. The number of piperidine rings is 2. The molecule has 0 radical (unpaired) electrons. The number of hydrogen-bond acceptors (Lipinski definition) is 3. The highest BCUT2D eigenvalue weighted by molar-refractivity contribution is 5.42. The number of nitrogens with two attached hydrogens (primary N) is 1. The summed E-state index contributed by atoms with van der Waals surface area (Å²) in [7, 11) is 0. The highest BCUT2D eigenvalue weighted by Gasteiger charge is 2.25. The number of likely N-dealkylation sites (tertiary alicyclic amines) is 2. The average molecular weight is 291 g/mol. The summed E-state index contributed by atoms with van der Waals surface area (Å²) in [5.41, 5.74) is 6.63. The van der Waals surface area contributed by atoms with E-state index in [1.165, 1.54) is 45.2 Å². The van der Waals surface area contributed by atoms with Crippen LogP contribution in [0.4, 0.5) is 10.1 Å². The van der Waals surface area contributed by atoms with Gasteiger partial charge in [-0.2, -0.15) is 0 Å². The molecule has 0 aromatic heterocycles. The van der Waals surface area contributed by atoms with Crippen LogP contribution in [0.3, 0.4) is 0 Å². The molecule has 2 aliphatic heterocycles. The molecular weight excluding hydrogens is 265 g/mol. The molecule has 1 aromatic carbocycles. The van der Waals surface area contributed by atoms with Crippen LogP contribution in [0.5, 0.6) is 0 Å². The Labute approximate surface area is 126 Å². The van der Waals surface area contributed by atoms with Gasteiger partial charge in [0.1, 0.15) is 0 Å². The van der Waals surface area contributed by atoms with E-state index in [-0.39, 0.29) is 11.5 Å². The van der Waals surface area contributed by atoms with Gasteiger partial charge in [0.2, 0.25) is 0 Å². The van der Waals surface area contributed by atoms with Crippen molar-refractivity contribution in [2.45, 2.75) is 44.7 Å². The fourth-order valence-corrected chi connectivity index (χ4v) is 3.69. The molecule has 2 heterocycles. The van der Waals surface area contributed by atoms with Crippen LogP contribution < -0.4 is 5.73 Å². The first kappa shape index (κ1) is 14.8. The molecule has 3 rings (SSSR count). The molecule has 0 amide bonds. The van der Waals surface area contributed by atoms with Gasteiger partial charge in [0.15, 0.2) is 5.82 Å². The summed E-state index contributed by atoms with van der Waals surface area (Å²) in [5, 5.41) is 0. The minimum atomic E-state index is -0.240. The molecule has 0 unspecified atom stereocenters. The Kier molecular flexibility index (Phi) is 4.76. The average Bonchev–Trinajstić information content (AvgIpc) is 2.53. The molecule has 0 aliphatic carbocycles. The van der Waals surface area contributed by atoms with Gasteiger partial charge in [-0.25, -0.2) is 4.39 Å². The SMILES string of the molecule is Nc1cccc(CN2CCC(N3CCCCC3)CC2)c1F. The second-order valence-electron chi connectivity index (χ2n) is 6.42. The summed E-state index contributed by atoms with van der Waals surface area (Å²) in [4.78, 5) is 5.03. The van der Waals surface area contributed by atoms with Gasteiger partial charge in [0.05, 0.1) is 5.69 Å². The molecule has 4 heteroatoms. The molecule has 1 aromatic rings. The predicted molar refractivity (Wildman–Crippen MR) is 84.5 cm³/mol. The first-order valence-corrected chi connectivity index (χ1v) is 8.23. The zero-order chi connectivity index (χ0) is 14.7. The van der Waals surface area contributed by atoms with Crippen LogP contribution in [0.15, 0.2) is 18.2 Å². The Hall–Kier alpha value is -1.13. The second kappa shape index (κ2) is 6.75. The maximum atomic E-state index is 14.0. The van der Waals surface area contributed by atoms with Crippen LogP contribution in [0.2, 0.25) is 0 Å². The van der Waals surface area contributed by atoms with E-state index in [9.17, 15) is 4.39 Å². The summed E-state index contributed by atoms with van der Waals surface area (Å²) in [6.07, 6.45) is 6.53. The Morgan fingerprint density at radius 3 is 2.48 bits per heavy atom. The Balaban J connectivity index is 1.52. The minimum Gasteiger partial charge on any atom is -0.396 e. The summed E-state index contributed by atoms with van der Waals surface area (Å²) in [6, 6.07) is 6.06. The van der Waals surface area contributed by atoms with Crippen LogP contribution in [-0.4, -0.2) is 42.0 Å². The van der Waals surface area contributed by atoms with Gasteiger partial charge in [-0.1, -0.05) is 18.6 Å². The zero-order valence-electron chi connectivity index (χ0n) is 12.7. The fraction of sp³-hybridized carbons (Fsp3) is 0.647. The van der Waals surface area contributed by atoms with Crippen molar-refractivity contribution in [1.29, 1.82) is 0 Å².